The molecule has 2 heterocycles. The van der Waals surface area contributed by atoms with Gasteiger partial charge in [-0.05, 0) is 27.2 Å². The first-order valence-corrected chi connectivity index (χ1v) is 8.85. The summed E-state index contributed by atoms with van der Waals surface area (Å²) in [6.45, 7) is 7.08. The number of aliphatic imine (C=N–C) groups is 1. The number of alkyl halides is 3. The lowest BCUT2D eigenvalue weighted by Gasteiger charge is -2.19. The lowest BCUT2D eigenvalue weighted by Crippen LogP contribution is -2.45. The van der Waals surface area contributed by atoms with Crippen LogP contribution in [-0.4, -0.2) is 54.2 Å². The fourth-order valence-electron chi connectivity index (χ4n) is 2.61. The third-order valence-electron chi connectivity index (χ3n) is 3.81. The van der Waals surface area contributed by atoms with Gasteiger partial charge in [0.15, 0.2) is 5.96 Å². The summed E-state index contributed by atoms with van der Waals surface area (Å²) < 4.78 is 37.4. The first kappa shape index (κ1) is 22.4. The molecule has 1 aromatic rings. The summed E-state index contributed by atoms with van der Waals surface area (Å²) in [5.41, 5.74) is 1.02. The van der Waals surface area contributed by atoms with Gasteiger partial charge in [0.2, 0.25) is 0 Å². The van der Waals surface area contributed by atoms with E-state index in [1.807, 2.05) is 20.8 Å². The lowest BCUT2D eigenvalue weighted by molar-refractivity contribution is -0.143. The van der Waals surface area contributed by atoms with E-state index in [1.54, 1.807) is 11.3 Å². The number of aromatic nitrogens is 1. The van der Waals surface area contributed by atoms with Crippen LogP contribution in [-0.2, 0) is 6.54 Å². The van der Waals surface area contributed by atoms with Gasteiger partial charge in [-0.1, -0.05) is 0 Å². The van der Waals surface area contributed by atoms with Crippen LogP contribution in [0.15, 0.2) is 4.99 Å². The number of aryl methyl sites for hydroxylation is 2. The van der Waals surface area contributed by atoms with E-state index in [-0.39, 0.29) is 30.0 Å². The zero-order valence-corrected chi connectivity index (χ0v) is 17.8. The van der Waals surface area contributed by atoms with Crippen molar-refractivity contribution in [3.05, 3.63) is 15.6 Å². The van der Waals surface area contributed by atoms with Crippen molar-refractivity contribution in [1.29, 1.82) is 0 Å². The predicted octanol–water partition coefficient (Wildman–Crippen LogP) is 3.07. The Morgan fingerprint density at radius 3 is 2.68 bits per heavy atom. The van der Waals surface area contributed by atoms with E-state index in [0.717, 1.165) is 10.7 Å². The highest BCUT2D eigenvalue weighted by molar-refractivity contribution is 14.0. The number of nitrogens with one attached hydrogen (secondary N) is 2. The fourth-order valence-corrected chi connectivity index (χ4v) is 3.47. The number of hydrogen-bond acceptors (Lipinski definition) is 4. The quantitative estimate of drug-likeness (QED) is 0.378. The number of halogens is 4. The van der Waals surface area contributed by atoms with E-state index < -0.39 is 12.7 Å². The maximum absolute atomic E-state index is 12.5. The van der Waals surface area contributed by atoms with Gasteiger partial charge < -0.3 is 10.6 Å². The third-order valence-corrected chi connectivity index (χ3v) is 4.86. The number of rotatable bonds is 5. The van der Waals surface area contributed by atoms with E-state index in [0.29, 0.717) is 38.6 Å². The maximum Gasteiger partial charge on any atom is 0.401 e. The second-order valence-corrected chi connectivity index (χ2v) is 7.21. The Kier molecular flexibility index (Phi) is 8.89. The molecule has 25 heavy (non-hydrogen) atoms. The summed E-state index contributed by atoms with van der Waals surface area (Å²) in [5, 5.41) is 7.31. The average molecular weight is 491 g/mol. The van der Waals surface area contributed by atoms with Crippen LogP contribution in [0.1, 0.15) is 28.9 Å². The largest absolute Gasteiger partial charge is 0.401 e. The van der Waals surface area contributed by atoms with Gasteiger partial charge in [0.25, 0.3) is 0 Å². The molecule has 1 aliphatic rings. The molecule has 0 amide bonds. The molecule has 2 rings (SSSR count). The normalized spacial score (nSPS) is 19.0. The lowest BCUT2D eigenvalue weighted by atomic mass is 10.3. The van der Waals surface area contributed by atoms with E-state index in [4.69, 9.17) is 0 Å². The molecule has 1 atom stereocenters. The van der Waals surface area contributed by atoms with Gasteiger partial charge in [0.1, 0.15) is 5.01 Å². The molecular formula is C15H25F3IN5S. The monoisotopic (exact) mass is 491 g/mol. The van der Waals surface area contributed by atoms with Crippen LogP contribution in [0, 0.1) is 13.8 Å². The second-order valence-electron chi connectivity index (χ2n) is 5.92. The Hall–Kier alpha value is -0.620. The molecule has 0 aliphatic carbocycles. The van der Waals surface area contributed by atoms with Crippen LogP contribution in [0.5, 0.6) is 0 Å². The van der Waals surface area contributed by atoms with Crippen LogP contribution < -0.4 is 10.6 Å². The molecule has 10 heteroatoms. The molecule has 0 bridgehead atoms. The smallest absolute Gasteiger partial charge is 0.357 e. The minimum atomic E-state index is -4.14. The topological polar surface area (TPSA) is 52.6 Å². The van der Waals surface area contributed by atoms with Crippen molar-refractivity contribution in [2.45, 2.75) is 46.0 Å². The standard InChI is InChI=1S/C15H24F3N5S.HI/c1-4-19-14(20-7-13-21-10(2)11(3)24-13)22-12-5-6-23(8-12)9-15(16,17)18;/h12H,4-9H2,1-3H3,(H2,19,20,22);1H. The number of guanidine groups is 1. The molecule has 0 aromatic carbocycles. The number of likely N-dealkylation sites (tertiary alicyclic amines) is 1. The van der Waals surface area contributed by atoms with Crippen LogP contribution >= 0.6 is 35.3 Å². The van der Waals surface area contributed by atoms with Crippen molar-refractivity contribution in [3.63, 3.8) is 0 Å². The zero-order valence-electron chi connectivity index (χ0n) is 14.6. The molecule has 1 aliphatic heterocycles. The summed E-state index contributed by atoms with van der Waals surface area (Å²) in [6, 6.07) is -0.0232. The molecule has 1 unspecified atom stereocenters. The Morgan fingerprint density at radius 1 is 1.40 bits per heavy atom. The van der Waals surface area contributed by atoms with E-state index >= 15 is 0 Å². The molecule has 1 aromatic heterocycles. The number of thiazole rings is 1. The fraction of sp³-hybridized carbons (Fsp3) is 0.733. The van der Waals surface area contributed by atoms with Gasteiger partial charge in [0, 0.05) is 30.6 Å². The Bertz CT molecular complexity index is 557. The minimum Gasteiger partial charge on any atom is -0.357 e. The van der Waals surface area contributed by atoms with Crippen molar-refractivity contribution >= 4 is 41.3 Å². The van der Waals surface area contributed by atoms with Crippen molar-refractivity contribution < 1.29 is 13.2 Å². The predicted molar refractivity (Wildman–Crippen MR) is 106 cm³/mol. The van der Waals surface area contributed by atoms with E-state index in [1.165, 1.54) is 9.78 Å². The third kappa shape index (κ3) is 7.65. The molecule has 1 fully saturated rings. The van der Waals surface area contributed by atoms with Gasteiger partial charge in [0.05, 0.1) is 18.8 Å². The highest BCUT2D eigenvalue weighted by Crippen LogP contribution is 2.20. The zero-order chi connectivity index (χ0) is 17.7. The van der Waals surface area contributed by atoms with Crippen LogP contribution in [0.25, 0.3) is 0 Å². The summed E-state index contributed by atoms with van der Waals surface area (Å²) >= 11 is 1.62. The maximum atomic E-state index is 12.5. The average Bonchev–Trinajstić information content (AvgIpc) is 3.02. The van der Waals surface area contributed by atoms with Crippen LogP contribution in [0.4, 0.5) is 13.2 Å². The van der Waals surface area contributed by atoms with Crippen LogP contribution in [0.2, 0.25) is 0 Å². The molecule has 2 N–H and O–H groups in total. The molecular weight excluding hydrogens is 466 g/mol. The van der Waals surface area contributed by atoms with Crippen molar-refractivity contribution in [2.24, 2.45) is 4.99 Å². The molecule has 144 valence electrons. The second kappa shape index (κ2) is 9.91. The van der Waals surface area contributed by atoms with Crippen molar-refractivity contribution in [3.8, 4) is 0 Å². The SMILES string of the molecule is CCNC(=NCc1nc(C)c(C)s1)NC1CCN(CC(F)(F)F)C1.I. The molecule has 0 spiro atoms. The molecule has 0 radical (unpaired) electrons. The van der Waals surface area contributed by atoms with Gasteiger partial charge in [-0.2, -0.15) is 13.2 Å². The summed E-state index contributed by atoms with van der Waals surface area (Å²) in [4.78, 5) is 11.6. The first-order chi connectivity index (χ1) is 11.3. The summed E-state index contributed by atoms with van der Waals surface area (Å²) in [5.74, 6) is 0.627. The Balaban J connectivity index is 0.00000312. The summed E-state index contributed by atoms with van der Waals surface area (Å²) in [7, 11) is 0. The van der Waals surface area contributed by atoms with Gasteiger partial charge >= 0.3 is 6.18 Å². The number of hydrogen-bond donors (Lipinski definition) is 2. The van der Waals surface area contributed by atoms with Crippen LogP contribution in [0.3, 0.4) is 0 Å². The van der Waals surface area contributed by atoms with Crippen molar-refractivity contribution in [2.75, 3.05) is 26.2 Å². The Labute approximate surface area is 167 Å². The van der Waals surface area contributed by atoms with Gasteiger partial charge in [-0.3, -0.25) is 4.90 Å². The Morgan fingerprint density at radius 2 is 2.12 bits per heavy atom. The highest BCUT2D eigenvalue weighted by atomic mass is 127. The van der Waals surface area contributed by atoms with Crippen molar-refractivity contribution in [1.82, 2.24) is 20.5 Å². The summed E-state index contributed by atoms with van der Waals surface area (Å²) in [6.07, 6.45) is -3.47. The molecule has 5 nitrogen and oxygen atoms in total. The molecule has 1 saturated heterocycles. The van der Waals surface area contributed by atoms with E-state index in [9.17, 15) is 13.2 Å². The molecule has 0 saturated carbocycles. The van der Waals surface area contributed by atoms with E-state index in [2.05, 4.69) is 20.6 Å². The minimum absolute atomic E-state index is 0. The highest BCUT2D eigenvalue weighted by Gasteiger charge is 2.34. The van der Waals surface area contributed by atoms with Gasteiger partial charge in [-0.25, -0.2) is 9.98 Å². The van der Waals surface area contributed by atoms with Gasteiger partial charge in [-0.15, -0.1) is 35.3 Å². The first-order valence-electron chi connectivity index (χ1n) is 8.03. The number of nitrogens with zero attached hydrogens (tertiary/aromatic N) is 3.